The van der Waals surface area contributed by atoms with Gasteiger partial charge in [0.25, 0.3) is 0 Å². The summed E-state index contributed by atoms with van der Waals surface area (Å²) >= 11 is 0. The number of aryl methyl sites for hydroxylation is 1. The lowest BCUT2D eigenvalue weighted by Crippen LogP contribution is -2.49. The summed E-state index contributed by atoms with van der Waals surface area (Å²) in [5.74, 6) is 0.406. The number of benzene rings is 2. The SMILES string of the molecule is Cn1nc(N2CCC(=O)NC2=O)c2ccc(C3CCN(CC(C)(C)Cc4cccc(S(=O)(=O)N5CCC(Nc6ncc(C(F)(F)F)c(-c7cnn(CC(F)(F)F)c7)n6)CC5)c4)CC3)cc21. The predicted octanol–water partition coefficient (Wildman–Crippen LogP) is 6.97. The van der Waals surface area contributed by atoms with Crippen LogP contribution >= 0.6 is 0 Å². The number of hydrogen-bond donors (Lipinski definition) is 2. The monoisotopic (exact) mass is 929 g/mol. The summed E-state index contributed by atoms with van der Waals surface area (Å²) in [6, 6.07) is 12.4. The number of sulfonamides is 1. The number of halogens is 6. The molecule has 3 aliphatic heterocycles. The maximum absolute atomic E-state index is 13.9. The smallest absolute Gasteiger partial charge is 0.351 e. The largest absolute Gasteiger partial charge is 0.419 e. The highest BCUT2D eigenvalue weighted by Gasteiger charge is 2.38. The van der Waals surface area contributed by atoms with Gasteiger partial charge in [-0.1, -0.05) is 32.0 Å². The number of alkyl halides is 6. The molecule has 3 fully saturated rings. The van der Waals surface area contributed by atoms with Gasteiger partial charge < -0.3 is 10.2 Å². The Morgan fingerprint density at radius 2 is 1.63 bits per heavy atom. The number of anilines is 2. The standard InChI is InChI=1S/C43H49F6N11O4S/c1-41(2,25-57-14-9-28(10-15-57)29-7-8-33-35(20-29)56(3)55-38(33)60-18-13-36(61)53-40(60)62)21-27-5-4-6-32(19-27)65(63,64)59-16-11-31(12-17-59)52-39-50-23-34(43(47,48)49)37(54-39)30-22-51-58(24-30)26-42(44,45)46/h4-8,19-20,22-24,28,31H,9-18,21,25-26H2,1-3H3,(H,50,52,54)(H,53,61,62). The van der Waals surface area contributed by atoms with Crippen molar-refractivity contribution in [1.82, 2.24) is 44.1 Å². The molecule has 348 valence electrons. The van der Waals surface area contributed by atoms with Gasteiger partial charge in [0.1, 0.15) is 12.1 Å². The predicted molar refractivity (Wildman–Crippen MR) is 228 cm³/mol. The van der Waals surface area contributed by atoms with Gasteiger partial charge in [-0.15, -0.1) is 0 Å². The second-order valence-electron chi connectivity index (χ2n) is 17.8. The van der Waals surface area contributed by atoms with E-state index in [4.69, 9.17) is 0 Å². The Labute approximate surface area is 371 Å². The number of aromatic nitrogens is 6. The van der Waals surface area contributed by atoms with E-state index in [1.54, 1.807) is 22.9 Å². The summed E-state index contributed by atoms with van der Waals surface area (Å²) in [5.41, 5.74) is 0.706. The number of piperidine rings is 2. The van der Waals surface area contributed by atoms with Gasteiger partial charge >= 0.3 is 18.4 Å². The Morgan fingerprint density at radius 3 is 2.32 bits per heavy atom. The molecule has 3 aromatic heterocycles. The summed E-state index contributed by atoms with van der Waals surface area (Å²) < 4.78 is 112. The quantitative estimate of drug-likeness (QED) is 0.125. The van der Waals surface area contributed by atoms with Crippen LogP contribution in [-0.4, -0.2) is 111 Å². The van der Waals surface area contributed by atoms with Crippen LogP contribution in [-0.2, 0) is 41.0 Å². The molecule has 0 spiro atoms. The number of urea groups is 1. The number of fused-ring (bicyclic) bond motifs is 1. The van der Waals surface area contributed by atoms with Crippen molar-refractivity contribution in [3.05, 3.63) is 77.7 Å². The molecule has 3 aliphatic rings. The molecule has 15 nitrogen and oxygen atoms in total. The third-order valence-electron chi connectivity index (χ3n) is 12.2. The zero-order chi connectivity index (χ0) is 46.5. The van der Waals surface area contributed by atoms with Gasteiger partial charge in [-0.05, 0) is 91.9 Å². The molecule has 65 heavy (non-hydrogen) atoms. The lowest BCUT2D eigenvalue weighted by molar-refractivity contribution is -0.142. The second-order valence-corrected chi connectivity index (χ2v) is 19.8. The van der Waals surface area contributed by atoms with E-state index in [2.05, 4.69) is 61.7 Å². The molecule has 0 radical (unpaired) electrons. The minimum Gasteiger partial charge on any atom is -0.351 e. The van der Waals surface area contributed by atoms with E-state index in [1.165, 1.54) is 14.8 Å². The zero-order valence-electron chi connectivity index (χ0n) is 36.0. The molecule has 3 saturated heterocycles. The van der Waals surface area contributed by atoms with Crippen LogP contribution in [0, 0.1) is 5.41 Å². The van der Waals surface area contributed by atoms with Crippen LogP contribution in [0.2, 0.25) is 0 Å². The van der Waals surface area contributed by atoms with Crippen molar-refractivity contribution < 1.29 is 44.3 Å². The Hall–Kier alpha value is -5.61. The number of carbonyl (C=O) groups excluding carboxylic acids is 2. The first-order valence-corrected chi connectivity index (χ1v) is 22.8. The molecule has 22 heteroatoms. The fraction of sp³-hybridized carbons (Fsp3) is 0.488. The van der Waals surface area contributed by atoms with Gasteiger partial charge in [0.05, 0.1) is 22.3 Å². The van der Waals surface area contributed by atoms with Crippen molar-refractivity contribution >= 4 is 44.6 Å². The lowest BCUT2D eigenvalue weighted by Gasteiger charge is -2.38. The number of hydrogen-bond acceptors (Lipinski definition) is 10. The number of carbonyl (C=O) groups is 2. The van der Waals surface area contributed by atoms with Gasteiger partial charge in [0, 0.05) is 69.0 Å². The number of imide groups is 1. The fourth-order valence-corrected chi connectivity index (χ4v) is 10.7. The third-order valence-corrected chi connectivity index (χ3v) is 14.1. The minimum absolute atomic E-state index is 0.126. The molecule has 0 aliphatic carbocycles. The molecule has 3 amide bonds. The highest BCUT2D eigenvalue weighted by Crippen LogP contribution is 2.38. The summed E-state index contributed by atoms with van der Waals surface area (Å²) in [6.07, 6.45) is -3.85. The molecule has 6 heterocycles. The Morgan fingerprint density at radius 1 is 0.892 bits per heavy atom. The molecule has 0 unspecified atom stereocenters. The molecule has 0 bridgehead atoms. The first-order valence-electron chi connectivity index (χ1n) is 21.3. The second kappa shape index (κ2) is 17.6. The van der Waals surface area contributed by atoms with Gasteiger partial charge in [0.2, 0.25) is 21.9 Å². The summed E-state index contributed by atoms with van der Waals surface area (Å²) in [6.45, 7) is 6.00. The van der Waals surface area contributed by atoms with E-state index >= 15 is 0 Å². The van der Waals surface area contributed by atoms with E-state index in [9.17, 15) is 44.3 Å². The molecular weight excluding hydrogens is 881 g/mol. The Balaban J connectivity index is 0.847. The van der Waals surface area contributed by atoms with Crippen LogP contribution in [0.5, 0.6) is 0 Å². The van der Waals surface area contributed by atoms with Crippen LogP contribution in [0.15, 0.2) is 66.0 Å². The van der Waals surface area contributed by atoms with Crippen LogP contribution in [0.3, 0.4) is 0 Å². The van der Waals surface area contributed by atoms with E-state index < -0.39 is 46.2 Å². The van der Waals surface area contributed by atoms with E-state index in [-0.39, 0.29) is 59.8 Å². The van der Waals surface area contributed by atoms with E-state index in [1.807, 2.05) is 19.2 Å². The topological polar surface area (TPSA) is 163 Å². The van der Waals surface area contributed by atoms with Gasteiger partial charge in [0.15, 0.2) is 5.82 Å². The average Bonchev–Trinajstić information content (AvgIpc) is 3.83. The molecule has 8 rings (SSSR count). The van der Waals surface area contributed by atoms with Crippen LogP contribution in [0.25, 0.3) is 22.2 Å². The van der Waals surface area contributed by atoms with Crippen molar-refractivity contribution in [1.29, 1.82) is 0 Å². The van der Waals surface area contributed by atoms with Crippen molar-refractivity contribution in [2.24, 2.45) is 12.5 Å². The number of likely N-dealkylation sites (tertiary alicyclic amines) is 1. The van der Waals surface area contributed by atoms with Crippen LogP contribution < -0.4 is 15.5 Å². The van der Waals surface area contributed by atoms with E-state index in [0.29, 0.717) is 41.9 Å². The molecule has 0 atom stereocenters. The lowest BCUT2D eigenvalue weighted by atomic mass is 9.83. The molecular formula is C43H49F6N11O4S. The number of nitrogens with zero attached hydrogens (tertiary/aromatic N) is 9. The van der Waals surface area contributed by atoms with Crippen molar-refractivity contribution in [3.8, 4) is 11.3 Å². The number of nitrogens with one attached hydrogen (secondary N) is 2. The summed E-state index contributed by atoms with van der Waals surface area (Å²) in [7, 11) is -2.04. The summed E-state index contributed by atoms with van der Waals surface area (Å²) in [5, 5.41) is 14.4. The Kier molecular flexibility index (Phi) is 12.5. The normalized spacial score (nSPS) is 18.1. The fourth-order valence-electron chi connectivity index (χ4n) is 9.14. The maximum atomic E-state index is 13.9. The zero-order valence-corrected chi connectivity index (χ0v) is 36.8. The molecule has 2 aromatic carbocycles. The molecule has 2 N–H and O–H groups in total. The summed E-state index contributed by atoms with van der Waals surface area (Å²) in [4.78, 5) is 36.2. The van der Waals surface area contributed by atoms with Crippen LogP contribution in [0.4, 0.5) is 42.9 Å². The minimum atomic E-state index is -4.89. The highest BCUT2D eigenvalue weighted by atomic mass is 32.2. The first-order chi connectivity index (χ1) is 30.6. The van der Waals surface area contributed by atoms with Gasteiger partial charge in [-0.3, -0.25) is 24.4 Å². The van der Waals surface area contributed by atoms with Crippen molar-refractivity contribution in [3.63, 3.8) is 0 Å². The van der Waals surface area contributed by atoms with Gasteiger partial charge in [-0.2, -0.15) is 40.8 Å². The number of rotatable bonds is 12. The third kappa shape index (κ3) is 10.4. The maximum Gasteiger partial charge on any atom is 0.419 e. The average molecular weight is 930 g/mol. The van der Waals surface area contributed by atoms with E-state index in [0.717, 1.165) is 61.3 Å². The van der Waals surface area contributed by atoms with Crippen LogP contribution in [0.1, 0.15) is 68.6 Å². The van der Waals surface area contributed by atoms with Crippen molar-refractivity contribution in [2.45, 2.75) is 88.1 Å². The number of amides is 3. The van der Waals surface area contributed by atoms with Gasteiger partial charge in [-0.25, -0.2) is 23.2 Å². The first kappa shape index (κ1) is 45.9. The Bertz CT molecular complexity index is 2690. The highest BCUT2D eigenvalue weighted by molar-refractivity contribution is 7.89. The molecule has 5 aromatic rings. The van der Waals surface area contributed by atoms with Crippen molar-refractivity contribution in [2.75, 3.05) is 49.5 Å². The molecule has 0 saturated carbocycles.